The van der Waals surface area contributed by atoms with Gasteiger partial charge in [-0.3, -0.25) is 14.5 Å². The topological polar surface area (TPSA) is 108 Å². The Kier molecular flexibility index (Phi) is 7.72. The number of hydrogen-bond acceptors (Lipinski definition) is 6. The minimum absolute atomic E-state index is 0.102. The molecule has 1 aromatic carbocycles. The molecule has 2 rings (SSSR count). The van der Waals surface area contributed by atoms with Crippen molar-refractivity contribution in [2.45, 2.75) is 4.90 Å². The molecule has 150 valence electrons. The van der Waals surface area contributed by atoms with Crippen LogP contribution in [0.1, 0.15) is 10.4 Å². The van der Waals surface area contributed by atoms with Crippen LogP contribution in [0.15, 0.2) is 29.2 Å². The van der Waals surface area contributed by atoms with Gasteiger partial charge in [0.05, 0.1) is 24.7 Å². The van der Waals surface area contributed by atoms with E-state index in [2.05, 4.69) is 15.5 Å². The Morgan fingerprint density at radius 3 is 2.33 bits per heavy atom. The summed E-state index contributed by atoms with van der Waals surface area (Å²) in [5, 5.41) is 5.28. The Balaban J connectivity index is 1.75. The molecule has 27 heavy (non-hydrogen) atoms. The van der Waals surface area contributed by atoms with Crippen LogP contribution in [0, 0.1) is 0 Å². The van der Waals surface area contributed by atoms with Gasteiger partial charge in [-0.05, 0) is 24.3 Å². The van der Waals surface area contributed by atoms with Gasteiger partial charge in [0.15, 0.2) is 0 Å². The van der Waals surface area contributed by atoms with E-state index in [4.69, 9.17) is 4.74 Å². The van der Waals surface area contributed by atoms with Crippen molar-refractivity contribution in [2.24, 2.45) is 0 Å². The van der Waals surface area contributed by atoms with Gasteiger partial charge in [-0.1, -0.05) is 0 Å². The number of carbonyl (C=O) groups excluding carboxylic acids is 2. The number of ether oxygens (including phenoxy) is 1. The molecule has 1 saturated heterocycles. The van der Waals surface area contributed by atoms with Crippen molar-refractivity contribution in [3.05, 3.63) is 29.8 Å². The van der Waals surface area contributed by atoms with Crippen LogP contribution < -0.4 is 10.6 Å². The van der Waals surface area contributed by atoms with Crippen LogP contribution in [0.4, 0.5) is 0 Å². The highest BCUT2D eigenvalue weighted by atomic mass is 32.2. The maximum atomic E-state index is 12.1. The number of nitrogens with one attached hydrogen (secondary N) is 2. The summed E-state index contributed by atoms with van der Waals surface area (Å²) in [6, 6.07) is 5.57. The first-order valence-electron chi connectivity index (χ1n) is 8.68. The van der Waals surface area contributed by atoms with Crippen molar-refractivity contribution < 1.29 is 22.7 Å². The molecule has 0 bridgehead atoms. The second kappa shape index (κ2) is 9.79. The summed E-state index contributed by atoms with van der Waals surface area (Å²) < 4.78 is 30.4. The van der Waals surface area contributed by atoms with Crippen LogP contribution in [0.3, 0.4) is 0 Å². The average Bonchev–Trinajstić information content (AvgIpc) is 2.67. The first-order valence-corrected chi connectivity index (χ1v) is 10.1. The summed E-state index contributed by atoms with van der Waals surface area (Å²) in [7, 11) is -0.663. The van der Waals surface area contributed by atoms with Gasteiger partial charge in [0, 0.05) is 45.8 Å². The Morgan fingerprint density at radius 2 is 1.74 bits per heavy atom. The average molecular weight is 398 g/mol. The molecule has 1 aliphatic heterocycles. The Morgan fingerprint density at radius 1 is 1.11 bits per heavy atom. The van der Waals surface area contributed by atoms with Gasteiger partial charge in [-0.2, -0.15) is 0 Å². The molecular formula is C17H26N4O5S. The lowest BCUT2D eigenvalue weighted by atomic mass is 10.2. The number of morpholine rings is 1. The summed E-state index contributed by atoms with van der Waals surface area (Å²) in [6.45, 7) is 4.23. The zero-order valence-electron chi connectivity index (χ0n) is 15.6. The van der Waals surface area contributed by atoms with Gasteiger partial charge >= 0.3 is 0 Å². The third kappa shape index (κ3) is 6.28. The molecule has 1 aromatic rings. The van der Waals surface area contributed by atoms with E-state index >= 15 is 0 Å². The number of hydrogen-bond donors (Lipinski definition) is 2. The number of rotatable bonds is 8. The van der Waals surface area contributed by atoms with E-state index in [0.717, 1.165) is 23.9 Å². The molecule has 0 atom stereocenters. The Hall–Kier alpha value is -2.01. The fraction of sp³-hybridized carbons (Fsp3) is 0.529. The maximum absolute atomic E-state index is 12.1. The molecule has 1 aliphatic rings. The minimum Gasteiger partial charge on any atom is -0.379 e. The van der Waals surface area contributed by atoms with E-state index < -0.39 is 15.9 Å². The smallest absolute Gasteiger partial charge is 0.251 e. The highest BCUT2D eigenvalue weighted by Gasteiger charge is 2.17. The quantitative estimate of drug-likeness (QED) is 0.589. The summed E-state index contributed by atoms with van der Waals surface area (Å²) in [5.74, 6) is -0.712. The molecule has 1 fully saturated rings. The molecule has 0 spiro atoms. The first-order chi connectivity index (χ1) is 12.8. The van der Waals surface area contributed by atoms with Crippen LogP contribution in [-0.2, 0) is 19.6 Å². The van der Waals surface area contributed by atoms with Crippen LogP contribution in [0.5, 0.6) is 0 Å². The lowest BCUT2D eigenvalue weighted by Gasteiger charge is -2.26. The Labute approximate surface area is 159 Å². The van der Waals surface area contributed by atoms with Crippen molar-refractivity contribution in [1.82, 2.24) is 19.8 Å². The molecule has 0 unspecified atom stereocenters. The van der Waals surface area contributed by atoms with Crippen LogP contribution >= 0.6 is 0 Å². The molecule has 2 amide bonds. The fourth-order valence-electron chi connectivity index (χ4n) is 2.49. The van der Waals surface area contributed by atoms with Crippen molar-refractivity contribution >= 4 is 21.8 Å². The zero-order valence-corrected chi connectivity index (χ0v) is 16.4. The zero-order chi connectivity index (χ0) is 19.9. The van der Waals surface area contributed by atoms with Gasteiger partial charge in [0.2, 0.25) is 15.9 Å². The normalized spacial score (nSPS) is 15.5. The summed E-state index contributed by atoms with van der Waals surface area (Å²) >= 11 is 0. The van der Waals surface area contributed by atoms with E-state index in [1.54, 1.807) is 0 Å². The SMILES string of the molecule is CN(C)S(=O)(=O)c1ccc(C(=O)NCC(=O)NCCN2CCOCC2)cc1. The standard InChI is InChI=1S/C17H26N4O5S/c1-20(2)27(24,25)15-5-3-14(4-6-15)17(23)19-13-16(22)18-7-8-21-9-11-26-12-10-21/h3-6H,7-13H2,1-2H3,(H,18,22)(H,19,23). The minimum atomic E-state index is -3.54. The fourth-order valence-corrected chi connectivity index (χ4v) is 3.39. The monoisotopic (exact) mass is 398 g/mol. The van der Waals surface area contributed by atoms with Gasteiger partial charge in [-0.25, -0.2) is 12.7 Å². The lowest BCUT2D eigenvalue weighted by molar-refractivity contribution is -0.120. The lowest BCUT2D eigenvalue weighted by Crippen LogP contribution is -2.43. The predicted octanol–water partition coefficient (Wildman–Crippen LogP) is -0.885. The molecule has 2 N–H and O–H groups in total. The second-order valence-corrected chi connectivity index (χ2v) is 8.45. The highest BCUT2D eigenvalue weighted by Crippen LogP contribution is 2.13. The van der Waals surface area contributed by atoms with Gasteiger partial charge in [-0.15, -0.1) is 0 Å². The van der Waals surface area contributed by atoms with E-state index in [1.165, 1.54) is 38.4 Å². The van der Waals surface area contributed by atoms with E-state index in [9.17, 15) is 18.0 Å². The van der Waals surface area contributed by atoms with Crippen molar-refractivity contribution in [3.8, 4) is 0 Å². The van der Waals surface area contributed by atoms with Gasteiger partial charge in [0.1, 0.15) is 0 Å². The van der Waals surface area contributed by atoms with E-state index in [-0.39, 0.29) is 22.9 Å². The first kappa shape index (κ1) is 21.3. The van der Waals surface area contributed by atoms with Crippen molar-refractivity contribution in [3.63, 3.8) is 0 Å². The molecular weight excluding hydrogens is 372 g/mol. The maximum Gasteiger partial charge on any atom is 0.251 e. The number of sulfonamides is 1. The third-order valence-electron chi connectivity index (χ3n) is 4.16. The molecule has 0 aromatic heterocycles. The van der Waals surface area contributed by atoms with Crippen LogP contribution in [0.2, 0.25) is 0 Å². The van der Waals surface area contributed by atoms with Gasteiger partial charge < -0.3 is 15.4 Å². The Bertz CT molecular complexity index is 743. The number of amides is 2. The third-order valence-corrected chi connectivity index (χ3v) is 5.99. The molecule has 0 saturated carbocycles. The molecule has 10 heteroatoms. The summed E-state index contributed by atoms with van der Waals surface area (Å²) in [4.78, 5) is 26.2. The second-order valence-electron chi connectivity index (χ2n) is 6.30. The van der Waals surface area contributed by atoms with Crippen LogP contribution in [-0.4, -0.2) is 89.5 Å². The summed E-state index contributed by atoms with van der Waals surface area (Å²) in [6.07, 6.45) is 0. The van der Waals surface area contributed by atoms with Gasteiger partial charge in [0.25, 0.3) is 5.91 Å². The molecule has 0 aliphatic carbocycles. The highest BCUT2D eigenvalue weighted by molar-refractivity contribution is 7.89. The van der Waals surface area contributed by atoms with Crippen molar-refractivity contribution in [2.75, 3.05) is 60.0 Å². The van der Waals surface area contributed by atoms with E-state index in [0.29, 0.717) is 19.8 Å². The van der Waals surface area contributed by atoms with E-state index in [1.807, 2.05) is 0 Å². The van der Waals surface area contributed by atoms with Crippen molar-refractivity contribution in [1.29, 1.82) is 0 Å². The van der Waals surface area contributed by atoms with Crippen LogP contribution in [0.25, 0.3) is 0 Å². The number of carbonyl (C=O) groups is 2. The number of benzene rings is 1. The predicted molar refractivity (Wildman–Crippen MR) is 99.9 cm³/mol. The molecule has 9 nitrogen and oxygen atoms in total. The summed E-state index contributed by atoms with van der Waals surface area (Å²) in [5.41, 5.74) is 0.286. The molecule has 1 heterocycles. The molecule has 0 radical (unpaired) electrons. The number of nitrogens with zero attached hydrogens (tertiary/aromatic N) is 2. The largest absolute Gasteiger partial charge is 0.379 e.